The van der Waals surface area contributed by atoms with Gasteiger partial charge in [0.2, 0.25) is 5.91 Å². The molecule has 1 aliphatic heterocycles. The van der Waals surface area contributed by atoms with Gasteiger partial charge < -0.3 is 14.8 Å². The molecule has 0 spiro atoms. The van der Waals surface area contributed by atoms with Crippen LogP contribution in [-0.4, -0.2) is 38.9 Å². The van der Waals surface area contributed by atoms with Crippen LogP contribution in [0.5, 0.6) is 0 Å². The number of fused-ring (bicyclic) bond motifs is 3. The third-order valence-electron chi connectivity index (χ3n) is 7.77. The zero-order chi connectivity index (χ0) is 23.7. The SMILES string of the molecule is C[C@H](CCc1ccccc1)N1C(=O)c2cc3sccc3n2C[C@@]1(C)C(=O)NC1CCCCCC1. The van der Waals surface area contributed by atoms with Crippen molar-refractivity contribution in [3.8, 4) is 0 Å². The van der Waals surface area contributed by atoms with Gasteiger partial charge in [-0.2, -0.15) is 0 Å². The van der Waals surface area contributed by atoms with Crippen LogP contribution in [0.1, 0.15) is 74.8 Å². The fourth-order valence-electron chi connectivity index (χ4n) is 5.84. The standard InChI is InChI=1S/C28H35N3O2S/c1-20(14-15-21-10-6-5-7-11-21)31-26(32)24-18-25-23(16-17-34-25)30(24)19-28(31,2)27(33)29-22-12-8-3-4-9-13-22/h5-7,10-11,16-18,20,22H,3-4,8-9,12-15,19H2,1-2H3,(H,29,33)/t20-,28+/m1/s1. The molecule has 5 nitrogen and oxygen atoms in total. The summed E-state index contributed by atoms with van der Waals surface area (Å²) in [5.41, 5.74) is 2.08. The van der Waals surface area contributed by atoms with Crippen LogP contribution in [0.25, 0.3) is 10.2 Å². The largest absolute Gasteiger partial charge is 0.351 e. The normalized spacial score (nSPS) is 22.4. The maximum atomic E-state index is 13.9. The van der Waals surface area contributed by atoms with Crippen molar-refractivity contribution in [2.45, 2.75) is 89.4 Å². The summed E-state index contributed by atoms with van der Waals surface area (Å²) in [6.45, 7) is 4.55. The van der Waals surface area contributed by atoms with Gasteiger partial charge in [-0.15, -0.1) is 11.3 Å². The number of amides is 2. The second-order valence-corrected chi connectivity index (χ2v) is 11.2. The lowest BCUT2D eigenvalue weighted by atomic mass is 9.90. The quantitative estimate of drug-likeness (QED) is 0.458. The fraction of sp³-hybridized carbons (Fsp3) is 0.500. The molecule has 1 N–H and O–H groups in total. The Balaban J connectivity index is 1.45. The molecule has 0 unspecified atom stereocenters. The number of carbonyl (C=O) groups excluding carboxylic acids is 2. The van der Waals surface area contributed by atoms with Crippen molar-refractivity contribution < 1.29 is 9.59 Å². The highest BCUT2D eigenvalue weighted by Gasteiger charge is 2.49. The van der Waals surface area contributed by atoms with Gasteiger partial charge in [0.05, 0.1) is 16.8 Å². The molecule has 1 aromatic carbocycles. The van der Waals surface area contributed by atoms with Crippen molar-refractivity contribution in [1.29, 1.82) is 0 Å². The van der Waals surface area contributed by atoms with Crippen LogP contribution in [0.15, 0.2) is 47.8 Å². The molecular formula is C28H35N3O2S. The van der Waals surface area contributed by atoms with E-state index in [9.17, 15) is 9.59 Å². The molecule has 1 fully saturated rings. The predicted molar refractivity (Wildman–Crippen MR) is 138 cm³/mol. The maximum Gasteiger partial charge on any atom is 0.271 e. The summed E-state index contributed by atoms with van der Waals surface area (Å²) in [7, 11) is 0. The van der Waals surface area contributed by atoms with E-state index in [4.69, 9.17) is 0 Å². The van der Waals surface area contributed by atoms with E-state index in [0.717, 1.165) is 48.7 Å². The molecule has 2 aromatic heterocycles. The summed E-state index contributed by atoms with van der Waals surface area (Å²) in [6, 6.07) is 14.6. The molecule has 2 atom stereocenters. The van der Waals surface area contributed by atoms with Gasteiger partial charge in [0.1, 0.15) is 11.2 Å². The molecule has 3 aromatic rings. The van der Waals surface area contributed by atoms with Crippen LogP contribution in [0.4, 0.5) is 0 Å². The van der Waals surface area contributed by atoms with Crippen LogP contribution in [0.3, 0.4) is 0 Å². The van der Waals surface area contributed by atoms with E-state index in [1.165, 1.54) is 18.4 Å². The van der Waals surface area contributed by atoms with E-state index in [2.05, 4.69) is 52.5 Å². The number of aromatic nitrogens is 1. The maximum absolute atomic E-state index is 13.9. The molecule has 0 bridgehead atoms. The zero-order valence-corrected chi connectivity index (χ0v) is 21.1. The molecule has 1 saturated carbocycles. The van der Waals surface area contributed by atoms with Gasteiger partial charge in [0, 0.05) is 12.1 Å². The number of nitrogens with zero attached hydrogens (tertiary/aromatic N) is 2. The second kappa shape index (κ2) is 9.57. The third kappa shape index (κ3) is 4.28. The van der Waals surface area contributed by atoms with Gasteiger partial charge in [-0.3, -0.25) is 9.59 Å². The van der Waals surface area contributed by atoms with Gasteiger partial charge in [0.25, 0.3) is 5.91 Å². The van der Waals surface area contributed by atoms with Gasteiger partial charge in [0.15, 0.2) is 0 Å². The number of hydrogen-bond donors (Lipinski definition) is 1. The lowest BCUT2D eigenvalue weighted by Gasteiger charge is -2.47. The highest BCUT2D eigenvalue weighted by atomic mass is 32.1. The number of carbonyl (C=O) groups is 2. The number of rotatable bonds is 6. The third-order valence-corrected chi connectivity index (χ3v) is 8.63. The zero-order valence-electron chi connectivity index (χ0n) is 20.3. The van der Waals surface area contributed by atoms with E-state index in [0.29, 0.717) is 12.2 Å². The second-order valence-electron chi connectivity index (χ2n) is 10.3. The van der Waals surface area contributed by atoms with Gasteiger partial charge >= 0.3 is 0 Å². The van der Waals surface area contributed by atoms with E-state index >= 15 is 0 Å². The Morgan fingerprint density at radius 3 is 2.62 bits per heavy atom. The lowest BCUT2D eigenvalue weighted by Crippen LogP contribution is -2.67. The van der Waals surface area contributed by atoms with Crippen LogP contribution in [0.2, 0.25) is 0 Å². The van der Waals surface area contributed by atoms with Crippen molar-refractivity contribution >= 4 is 33.4 Å². The van der Waals surface area contributed by atoms with Crippen LogP contribution >= 0.6 is 11.3 Å². The summed E-state index contributed by atoms with van der Waals surface area (Å²) >= 11 is 1.65. The fourth-order valence-corrected chi connectivity index (χ4v) is 6.66. The lowest BCUT2D eigenvalue weighted by molar-refractivity contribution is -0.135. The van der Waals surface area contributed by atoms with E-state index in [1.807, 2.05) is 24.0 Å². The van der Waals surface area contributed by atoms with Crippen molar-refractivity contribution in [1.82, 2.24) is 14.8 Å². The summed E-state index contributed by atoms with van der Waals surface area (Å²) < 4.78 is 3.18. The number of thiophene rings is 1. The minimum atomic E-state index is -0.930. The molecule has 6 heteroatoms. The smallest absolute Gasteiger partial charge is 0.271 e. The van der Waals surface area contributed by atoms with Crippen LogP contribution in [0, 0.1) is 0 Å². The van der Waals surface area contributed by atoms with E-state index in [1.54, 1.807) is 11.3 Å². The summed E-state index contributed by atoms with van der Waals surface area (Å²) in [4.78, 5) is 29.7. The Morgan fingerprint density at radius 1 is 1.15 bits per heavy atom. The molecular weight excluding hydrogens is 442 g/mol. The first-order valence-electron chi connectivity index (χ1n) is 12.7. The number of aryl methyl sites for hydroxylation is 1. The molecule has 180 valence electrons. The number of hydrogen-bond acceptors (Lipinski definition) is 3. The highest BCUT2D eigenvalue weighted by molar-refractivity contribution is 7.17. The monoisotopic (exact) mass is 477 g/mol. The minimum Gasteiger partial charge on any atom is -0.351 e. The first-order valence-corrected chi connectivity index (χ1v) is 13.6. The molecule has 0 radical (unpaired) electrons. The summed E-state index contributed by atoms with van der Waals surface area (Å²) in [5.74, 6) is -0.0456. The van der Waals surface area contributed by atoms with Gasteiger partial charge in [-0.1, -0.05) is 56.0 Å². The Hall–Kier alpha value is -2.60. The first kappa shape index (κ1) is 23.2. The average molecular weight is 478 g/mol. The summed E-state index contributed by atoms with van der Waals surface area (Å²) in [6.07, 6.45) is 8.57. The molecule has 0 saturated heterocycles. The molecule has 2 amide bonds. The minimum absolute atomic E-state index is 0.0120. The van der Waals surface area contributed by atoms with Gasteiger partial charge in [-0.25, -0.2) is 0 Å². The topological polar surface area (TPSA) is 54.3 Å². The van der Waals surface area contributed by atoms with Crippen molar-refractivity contribution in [3.05, 3.63) is 59.1 Å². The average Bonchev–Trinajstić information content (AvgIpc) is 3.33. The Kier molecular flexibility index (Phi) is 6.52. The molecule has 34 heavy (non-hydrogen) atoms. The van der Waals surface area contributed by atoms with E-state index < -0.39 is 5.54 Å². The van der Waals surface area contributed by atoms with Crippen molar-refractivity contribution in [2.24, 2.45) is 0 Å². The number of nitrogens with one attached hydrogen (secondary N) is 1. The molecule has 1 aliphatic carbocycles. The number of benzene rings is 1. The Labute approximate surface area is 206 Å². The van der Waals surface area contributed by atoms with Gasteiger partial charge in [-0.05, 0) is 62.6 Å². The van der Waals surface area contributed by atoms with Crippen molar-refractivity contribution in [3.63, 3.8) is 0 Å². The molecule has 3 heterocycles. The highest BCUT2D eigenvalue weighted by Crippen LogP contribution is 2.36. The molecule has 2 aliphatic rings. The summed E-state index contributed by atoms with van der Waals surface area (Å²) in [5, 5.41) is 5.43. The van der Waals surface area contributed by atoms with E-state index in [-0.39, 0.29) is 23.9 Å². The Morgan fingerprint density at radius 2 is 1.88 bits per heavy atom. The predicted octanol–water partition coefficient (Wildman–Crippen LogP) is 5.78. The Bertz CT molecular complexity index is 1160. The van der Waals surface area contributed by atoms with Crippen LogP contribution in [-0.2, 0) is 17.8 Å². The van der Waals surface area contributed by atoms with Crippen LogP contribution < -0.4 is 5.32 Å². The first-order chi connectivity index (χ1) is 16.5. The van der Waals surface area contributed by atoms with Crippen molar-refractivity contribution in [2.75, 3.05) is 0 Å². The molecule has 5 rings (SSSR count).